The van der Waals surface area contributed by atoms with Gasteiger partial charge in [0.15, 0.2) is 0 Å². The number of H-pyrrole nitrogens is 1. The molecule has 3 aromatic rings. The van der Waals surface area contributed by atoms with Crippen molar-refractivity contribution in [3.05, 3.63) is 45.4 Å². The number of nitrogens with zero attached hydrogens (tertiary/aromatic N) is 2. The van der Waals surface area contributed by atoms with Gasteiger partial charge >= 0.3 is 0 Å². The van der Waals surface area contributed by atoms with Crippen molar-refractivity contribution in [1.82, 2.24) is 14.8 Å². The quantitative estimate of drug-likeness (QED) is 0.716. The van der Waals surface area contributed by atoms with Gasteiger partial charge in [-0.2, -0.15) is 0 Å². The Hall–Kier alpha value is -2.26. The van der Waals surface area contributed by atoms with Gasteiger partial charge in [0, 0.05) is 25.1 Å². The van der Waals surface area contributed by atoms with Crippen molar-refractivity contribution in [1.29, 1.82) is 0 Å². The van der Waals surface area contributed by atoms with Crippen molar-refractivity contribution >= 4 is 37.2 Å². The molecule has 0 bridgehead atoms. The molecular weight excluding hydrogens is 338 g/mol. The Morgan fingerprint density at radius 2 is 2.00 bits per heavy atom. The summed E-state index contributed by atoms with van der Waals surface area (Å²) in [6.45, 7) is 1.69. The van der Waals surface area contributed by atoms with Crippen LogP contribution in [0.4, 0.5) is 0 Å². The van der Waals surface area contributed by atoms with E-state index in [2.05, 4.69) is 10.1 Å². The number of nitrogens with one attached hydrogen (secondary N) is 1. The van der Waals surface area contributed by atoms with Gasteiger partial charge in [-0.1, -0.05) is 0 Å². The Kier molecular flexibility index (Phi) is 3.49. The van der Waals surface area contributed by atoms with Gasteiger partial charge in [0.2, 0.25) is 20.0 Å². The number of benzene rings is 1. The molecule has 0 unspecified atom stereocenters. The zero-order valence-electron chi connectivity index (χ0n) is 12.6. The number of hydrogen-bond acceptors (Lipinski definition) is 6. The van der Waals surface area contributed by atoms with Crippen LogP contribution >= 0.6 is 11.3 Å². The Bertz CT molecular complexity index is 1100. The van der Waals surface area contributed by atoms with Crippen LogP contribution in [0.15, 0.2) is 27.5 Å². The average Bonchev–Trinajstić information content (AvgIpc) is 3.04. The van der Waals surface area contributed by atoms with Gasteiger partial charge in [-0.25, -0.2) is 13.4 Å². The van der Waals surface area contributed by atoms with E-state index < -0.39 is 21.2 Å². The molecule has 0 radical (unpaired) electrons. The molecule has 0 spiro atoms. The summed E-state index contributed by atoms with van der Waals surface area (Å²) < 4.78 is 25.2. The first kappa shape index (κ1) is 15.6. The summed E-state index contributed by atoms with van der Waals surface area (Å²) in [5, 5.41) is 2.66. The number of ketones is 1. The molecule has 0 atom stereocenters. The number of thiazole rings is 1. The highest BCUT2D eigenvalue weighted by Gasteiger charge is 2.21. The number of aromatic nitrogens is 3. The predicted molar refractivity (Wildman–Crippen MR) is 86.9 cm³/mol. The third kappa shape index (κ3) is 2.51. The molecule has 0 saturated heterocycles. The summed E-state index contributed by atoms with van der Waals surface area (Å²) in [5.41, 5.74) is 0.980. The molecule has 1 N–H and O–H groups in total. The summed E-state index contributed by atoms with van der Waals surface area (Å²) in [4.78, 5) is 28.6. The van der Waals surface area contributed by atoms with Crippen LogP contribution in [0, 0.1) is 6.92 Å². The van der Waals surface area contributed by atoms with E-state index in [1.807, 2.05) is 0 Å². The van der Waals surface area contributed by atoms with Crippen molar-refractivity contribution in [2.75, 3.05) is 6.26 Å². The lowest BCUT2D eigenvalue weighted by Gasteiger charge is -2.03. The Labute approximate surface area is 135 Å². The second-order valence-electron chi connectivity index (χ2n) is 5.22. The van der Waals surface area contributed by atoms with Crippen molar-refractivity contribution in [2.24, 2.45) is 7.05 Å². The molecular formula is C14H13N3O4S2. The lowest BCUT2D eigenvalue weighted by atomic mass is 10.0. The number of sulfone groups is 1. The van der Waals surface area contributed by atoms with Crippen LogP contribution in [0.3, 0.4) is 0 Å². The number of hydrogen-bond donors (Lipinski definition) is 1. The first-order valence-corrected chi connectivity index (χ1v) is 9.30. The summed E-state index contributed by atoms with van der Waals surface area (Å²) in [5.74, 6) is -0.417. The number of aromatic amines is 1. The molecule has 7 nitrogen and oxygen atoms in total. The normalized spacial score (nSPS) is 12.0. The predicted octanol–water partition coefficient (Wildman–Crippen LogP) is 1.27. The zero-order chi connectivity index (χ0) is 16.9. The standard InChI is InChI=1S/C14H13N3O4S2/c1-7-8(12(18)9-6-15-17(2)13(9)19)4-5-10-11(7)16-14(22-10)23(3,20)21/h4-6,15H,1-3H3. The van der Waals surface area contributed by atoms with Crippen LogP contribution < -0.4 is 5.56 Å². The van der Waals surface area contributed by atoms with Gasteiger partial charge in [-0.15, -0.1) is 11.3 Å². The molecule has 0 aliphatic heterocycles. The summed E-state index contributed by atoms with van der Waals surface area (Å²) in [6, 6.07) is 3.25. The third-order valence-corrected chi connectivity index (χ3v) is 6.24. The maximum Gasteiger partial charge on any atom is 0.277 e. The largest absolute Gasteiger partial charge is 0.302 e. The van der Waals surface area contributed by atoms with Crippen LogP contribution in [0.25, 0.3) is 10.2 Å². The number of fused-ring (bicyclic) bond motifs is 1. The van der Waals surface area contributed by atoms with Crippen molar-refractivity contribution in [2.45, 2.75) is 11.3 Å². The van der Waals surface area contributed by atoms with E-state index in [0.717, 1.165) is 17.6 Å². The Morgan fingerprint density at radius 1 is 1.30 bits per heavy atom. The fourth-order valence-electron chi connectivity index (χ4n) is 2.28. The highest BCUT2D eigenvalue weighted by atomic mass is 32.2. The molecule has 23 heavy (non-hydrogen) atoms. The maximum atomic E-state index is 12.6. The monoisotopic (exact) mass is 351 g/mol. The van der Waals surface area contributed by atoms with Crippen LogP contribution in [0.1, 0.15) is 21.5 Å². The fourth-order valence-corrected chi connectivity index (χ4v) is 4.17. The first-order chi connectivity index (χ1) is 10.7. The van der Waals surface area contributed by atoms with Crippen molar-refractivity contribution in [3.63, 3.8) is 0 Å². The van der Waals surface area contributed by atoms with E-state index in [1.54, 1.807) is 19.1 Å². The topological polar surface area (TPSA) is 102 Å². The molecule has 120 valence electrons. The van der Waals surface area contributed by atoms with Crippen molar-refractivity contribution < 1.29 is 13.2 Å². The average molecular weight is 351 g/mol. The van der Waals surface area contributed by atoms with Crippen LogP contribution in [0.2, 0.25) is 0 Å². The first-order valence-electron chi connectivity index (χ1n) is 6.59. The molecule has 2 heterocycles. The fraction of sp³-hybridized carbons (Fsp3) is 0.214. The molecule has 0 aliphatic rings. The summed E-state index contributed by atoms with van der Waals surface area (Å²) >= 11 is 1.06. The van der Waals surface area contributed by atoms with Gasteiger partial charge in [0.25, 0.3) is 5.56 Å². The van der Waals surface area contributed by atoms with Crippen LogP contribution in [-0.4, -0.2) is 35.2 Å². The van der Waals surface area contributed by atoms with E-state index in [1.165, 1.54) is 17.9 Å². The van der Waals surface area contributed by atoms with Gasteiger partial charge in [0.05, 0.1) is 10.2 Å². The van der Waals surface area contributed by atoms with E-state index in [9.17, 15) is 18.0 Å². The number of carbonyl (C=O) groups is 1. The van der Waals surface area contributed by atoms with Gasteiger partial charge in [0.1, 0.15) is 5.56 Å². The lowest BCUT2D eigenvalue weighted by molar-refractivity contribution is 0.103. The molecule has 0 aliphatic carbocycles. The molecule has 1 aromatic carbocycles. The Balaban J connectivity index is 2.20. The van der Waals surface area contributed by atoms with E-state index in [-0.39, 0.29) is 9.90 Å². The molecule has 0 fully saturated rings. The molecule has 0 amide bonds. The van der Waals surface area contributed by atoms with Gasteiger partial charge in [-0.3, -0.25) is 14.3 Å². The van der Waals surface area contributed by atoms with E-state index >= 15 is 0 Å². The second kappa shape index (κ2) is 5.14. The molecule has 3 rings (SSSR count). The van der Waals surface area contributed by atoms with Gasteiger partial charge in [-0.05, 0) is 24.6 Å². The molecule has 2 aromatic heterocycles. The SMILES string of the molecule is Cc1c(C(=O)c2c[nH]n(C)c2=O)ccc2sc(S(C)(=O)=O)nc12. The van der Waals surface area contributed by atoms with Crippen LogP contribution in [-0.2, 0) is 16.9 Å². The van der Waals surface area contributed by atoms with Crippen LogP contribution in [0.5, 0.6) is 0 Å². The number of aryl methyl sites for hydroxylation is 2. The highest BCUT2D eigenvalue weighted by molar-refractivity contribution is 7.92. The summed E-state index contributed by atoms with van der Waals surface area (Å²) in [6.07, 6.45) is 2.45. The highest BCUT2D eigenvalue weighted by Crippen LogP contribution is 2.30. The van der Waals surface area contributed by atoms with Gasteiger partial charge < -0.3 is 5.10 Å². The van der Waals surface area contributed by atoms with E-state index in [4.69, 9.17) is 0 Å². The lowest BCUT2D eigenvalue weighted by Crippen LogP contribution is -2.19. The minimum atomic E-state index is -3.41. The maximum absolute atomic E-state index is 12.6. The molecule has 9 heteroatoms. The number of carbonyl (C=O) groups excluding carboxylic acids is 1. The minimum absolute atomic E-state index is 0.0118. The number of rotatable bonds is 3. The second-order valence-corrected chi connectivity index (χ2v) is 8.44. The molecule has 0 saturated carbocycles. The summed E-state index contributed by atoms with van der Waals surface area (Å²) in [7, 11) is -1.88. The third-order valence-electron chi connectivity index (χ3n) is 3.54. The zero-order valence-corrected chi connectivity index (χ0v) is 14.2. The smallest absolute Gasteiger partial charge is 0.277 e. The van der Waals surface area contributed by atoms with E-state index in [0.29, 0.717) is 21.3 Å². The minimum Gasteiger partial charge on any atom is -0.302 e. The van der Waals surface area contributed by atoms with Crippen molar-refractivity contribution in [3.8, 4) is 0 Å². The Morgan fingerprint density at radius 3 is 2.57 bits per heavy atom.